The molecule has 3 heterocycles. The summed E-state index contributed by atoms with van der Waals surface area (Å²) in [6.45, 7) is 3.91. The fraction of sp³-hybridized carbons (Fsp3) is 0.174. The number of nitrogens with zero attached hydrogens (tertiary/aromatic N) is 1. The van der Waals surface area contributed by atoms with E-state index in [0.29, 0.717) is 23.3 Å². The number of aromatic nitrogens is 2. The number of nitrogens with one attached hydrogen (secondary N) is 2. The highest BCUT2D eigenvalue weighted by Crippen LogP contribution is 2.30. The van der Waals surface area contributed by atoms with Crippen LogP contribution < -0.4 is 10.9 Å². The lowest BCUT2D eigenvalue weighted by molar-refractivity contribution is -0.116. The Morgan fingerprint density at radius 1 is 1.13 bits per heavy atom. The highest BCUT2D eigenvalue weighted by atomic mass is 32.1. The lowest BCUT2D eigenvalue weighted by Gasteiger charge is -2.05. The van der Waals surface area contributed by atoms with Gasteiger partial charge in [0.25, 0.3) is 5.56 Å². The summed E-state index contributed by atoms with van der Waals surface area (Å²) in [7, 11) is 0. The van der Waals surface area contributed by atoms with Crippen molar-refractivity contribution in [2.45, 2.75) is 26.7 Å². The van der Waals surface area contributed by atoms with E-state index in [1.807, 2.05) is 56.3 Å². The molecule has 0 saturated carbocycles. The number of aryl methyl sites for hydroxylation is 3. The van der Waals surface area contributed by atoms with Crippen LogP contribution in [-0.2, 0) is 11.2 Å². The number of benzene rings is 2. The molecule has 0 atom stereocenters. The number of thiophene rings is 1. The van der Waals surface area contributed by atoms with E-state index in [-0.39, 0.29) is 17.9 Å². The molecule has 1 amide bonds. The van der Waals surface area contributed by atoms with E-state index in [1.165, 1.54) is 11.3 Å². The first-order valence-corrected chi connectivity index (χ1v) is 10.5. The number of furan rings is 1. The fourth-order valence-electron chi connectivity index (χ4n) is 3.68. The minimum Gasteiger partial charge on any atom is -0.456 e. The summed E-state index contributed by atoms with van der Waals surface area (Å²) in [6, 6.07) is 13.5. The van der Waals surface area contributed by atoms with Gasteiger partial charge in [-0.25, -0.2) is 4.98 Å². The average Bonchev–Trinajstić information content (AvgIpc) is 3.23. The second-order valence-corrected chi connectivity index (χ2v) is 8.54. The van der Waals surface area contributed by atoms with E-state index in [9.17, 15) is 9.59 Å². The van der Waals surface area contributed by atoms with Gasteiger partial charge in [-0.2, -0.15) is 0 Å². The summed E-state index contributed by atoms with van der Waals surface area (Å²) in [4.78, 5) is 34.0. The summed E-state index contributed by atoms with van der Waals surface area (Å²) in [5.41, 5.74) is 3.05. The Hall–Kier alpha value is -3.45. The number of hydrogen-bond donors (Lipinski definition) is 2. The number of rotatable bonds is 4. The summed E-state index contributed by atoms with van der Waals surface area (Å²) in [6.07, 6.45) is 0.579. The number of amides is 1. The van der Waals surface area contributed by atoms with Gasteiger partial charge in [0.1, 0.15) is 21.8 Å². The van der Waals surface area contributed by atoms with Gasteiger partial charge in [0.05, 0.1) is 5.39 Å². The van der Waals surface area contributed by atoms with Crippen molar-refractivity contribution in [1.29, 1.82) is 0 Å². The van der Waals surface area contributed by atoms with Gasteiger partial charge in [-0.1, -0.05) is 18.2 Å². The predicted molar refractivity (Wildman–Crippen MR) is 120 cm³/mol. The Morgan fingerprint density at radius 2 is 1.93 bits per heavy atom. The molecule has 3 aromatic heterocycles. The zero-order valence-corrected chi connectivity index (χ0v) is 17.4. The van der Waals surface area contributed by atoms with Crippen molar-refractivity contribution in [3.05, 3.63) is 69.1 Å². The number of anilines is 1. The first kappa shape index (κ1) is 18.6. The third-order valence-electron chi connectivity index (χ3n) is 5.34. The van der Waals surface area contributed by atoms with Crippen LogP contribution in [-0.4, -0.2) is 15.9 Å². The number of para-hydroxylation sites is 1. The monoisotopic (exact) mass is 417 g/mol. The molecule has 0 bridgehead atoms. The van der Waals surface area contributed by atoms with Crippen molar-refractivity contribution in [1.82, 2.24) is 9.97 Å². The first-order chi connectivity index (χ1) is 14.5. The van der Waals surface area contributed by atoms with Crippen molar-refractivity contribution >= 4 is 55.1 Å². The van der Waals surface area contributed by atoms with Crippen molar-refractivity contribution < 1.29 is 9.21 Å². The Bertz CT molecular complexity index is 1490. The zero-order valence-electron chi connectivity index (χ0n) is 16.5. The summed E-state index contributed by atoms with van der Waals surface area (Å²) in [5, 5.41) is 5.61. The Morgan fingerprint density at radius 3 is 2.80 bits per heavy atom. The number of fused-ring (bicyclic) bond motifs is 4. The molecule has 0 radical (unpaired) electrons. The van der Waals surface area contributed by atoms with Crippen LogP contribution in [0, 0.1) is 13.8 Å². The maximum Gasteiger partial charge on any atom is 0.259 e. The van der Waals surface area contributed by atoms with Crippen molar-refractivity contribution in [2.75, 3.05) is 5.32 Å². The van der Waals surface area contributed by atoms with E-state index in [0.717, 1.165) is 37.2 Å². The normalized spacial score (nSPS) is 11.5. The molecule has 2 aromatic carbocycles. The molecule has 2 N–H and O–H groups in total. The van der Waals surface area contributed by atoms with Gasteiger partial charge in [-0.15, -0.1) is 11.3 Å². The number of hydrogen-bond acceptors (Lipinski definition) is 5. The molecule has 0 aliphatic heterocycles. The number of H-pyrrole nitrogens is 1. The van der Waals surface area contributed by atoms with Crippen LogP contribution in [0.4, 0.5) is 5.69 Å². The Kier molecular flexibility index (Phi) is 4.40. The van der Waals surface area contributed by atoms with Gasteiger partial charge >= 0.3 is 0 Å². The quantitative estimate of drug-likeness (QED) is 0.427. The molecule has 0 spiro atoms. The third-order valence-corrected chi connectivity index (χ3v) is 6.44. The number of carbonyl (C=O) groups excluding carboxylic acids is 1. The van der Waals surface area contributed by atoms with Crippen molar-refractivity contribution in [2.24, 2.45) is 0 Å². The van der Waals surface area contributed by atoms with Crippen LogP contribution in [0.15, 0.2) is 51.7 Å². The summed E-state index contributed by atoms with van der Waals surface area (Å²) in [5.74, 6) is 0.378. The predicted octanol–water partition coefficient (Wildman–Crippen LogP) is 5.07. The van der Waals surface area contributed by atoms with Gasteiger partial charge < -0.3 is 14.7 Å². The van der Waals surface area contributed by atoms with Crippen LogP contribution in [0.1, 0.15) is 22.7 Å². The van der Waals surface area contributed by atoms with Gasteiger partial charge in [0.2, 0.25) is 5.91 Å². The molecule has 0 unspecified atom stereocenters. The molecule has 0 aliphatic rings. The molecule has 0 saturated heterocycles. The molecule has 7 heteroatoms. The van der Waals surface area contributed by atoms with Crippen molar-refractivity contribution in [3.63, 3.8) is 0 Å². The molecule has 30 heavy (non-hydrogen) atoms. The van der Waals surface area contributed by atoms with Crippen LogP contribution >= 0.6 is 11.3 Å². The van der Waals surface area contributed by atoms with Crippen LogP contribution in [0.2, 0.25) is 0 Å². The van der Waals surface area contributed by atoms with Crippen molar-refractivity contribution in [3.8, 4) is 0 Å². The van der Waals surface area contributed by atoms with E-state index in [4.69, 9.17) is 4.42 Å². The maximum atomic E-state index is 12.4. The van der Waals surface area contributed by atoms with E-state index in [2.05, 4.69) is 15.3 Å². The second kappa shape index (κ2) is 7.11. The van der Waals surface area contributed by atoms with E-state index in [1.54, 1.807) is 0 Å². The Balaban J connectivity index is 1.32. The maximum absolute atomic E-state index is 12.4. The van der Waals surface area contributed by atoms with E-state index < -0.39 is 0 Å². The standard InChI is InChI=1S/C23H19N3O3S/c1-12-13(2)30-23-21(12)22(28)25-19(26-23)9-10-20(27)24-14-7-8-16-15-5-3-4-6-17(15)29-18(16)11-14/h3-8,11H,9-10H2,1-2H3,(H,24,27)(H,25,26,28). The average molecular weight is 417 g/mol. The molecule has 5 aromatic rings. The van der Waals surface area contributed by atoms with Gasteiger partial charge in [-0.05, 0) is 37.6 Å². The molecule has 6 nitrogen and oxygen atoms in total. The minimum atomic E-state index is -0.147. The lowest BCUT2D eigenvalue weighted by atomic mass is 10.1. The molecule has 0 fully saturated rings. The van der Waals surface area contributed by atoms with Crippen LogP contribution in [0.25, 0.3) is 32.2 Å². The highest BCUT2D eigenvalue weighted by molar-refractivity contribution is 7.18. The Labute approximate surface area is 175 Å². The fourth-order valence-corrected chi connectivity index (χ4v) is 4.73. The SMILES string of the molecule is Cc1sc2nc(CCC(=O)Nc3ccc4c(c3)oc3ccccc34)[nH]c(=O)c2c1C. The van der Waals surface area contributed by atoms with Gasteiger partial charge in [0, 0.05) is 40.2 Å². The topological polar surface area (TPSA) is 88.0 Å². The third kappa shape index (κ3) is 3.17. The molecule has 5 rings (SSSR count). The molecule has 0 aliphatic carbocycles. The smallest absolute Gasteiger partial charge is 0.259 e. The number of carbonyl (C=O) groups is 1. The van der Waals surface area contributed by atoms with Crippen LogP contribution in [0.3, 0.4) is 0 Å². The largest absolute Gasteiger partial charge is 0.456 e. The first-order valence-electron chi connectivity index (χ1n) is 9.69. The highest BCUT2D eigenvalue weighted by Gasteiger charge is 2.13. The number of aromatic amines is 1. The lowest BCUT2D eigenvalue weighted by Crippen LogP contribution is -2.16. The summed E-state index contributed by atoms with van der Waals surface area (Å²) >= 11 is 1.50. The molecular weight excluding hydrogens is 398 g/mol. The minimum absolute atomic E-state index is 0.146. The van der Waals surface area contributed by atoms with E-state index >= 15 is 0 Å². The summed E-state index contributed by atoms with van der Waals surface area (Å²) < 4.78 is 5.87. The van der Waals surface area contributed by atoms with Crippen LogP contribution in [0.5, 0.6) is 0 Å². The second-order valence-electron chi connectivity index (χ2n) is 7.33. The van der Waals surface area contributed by atoms with Gasteiger partial charge in [0.15, 0.2) is 0 Å². The van der Waals surface area contributed by atoms with Gasteiger partial charge in [-0.3, -0.25) is 9.59 Å². The molecular formula is C23H19N3O3S. The zero-order chi connectivity index (χ0) is 20.8. The molecule has 150 valence electrons.